The summed E-state index contributed by atoms with van der Waals surface area (Å²) < 4.78 is 18.1. The number of nitrogens with zero attached hydrogens (tertiary/aromatic N) is 6. The molecule has 2 amide bonds. The Hall–Kier alpha value is -4.05. The number of pyridine rings is 1. The second-order valence-electron chi connectivity index (χ2n) is 9.93. The first kappa shape index (κ1) is 23.4. The van der Waals surface area contributed by atoms with Crippen molar-refractivity contribution >= 4 is 17.5 Å². The molecule has 0 radical (unpaired) electrons. The van der Waals surface area contributed by atoms with Crippen molar-refractivity contribution in [3.63, 3.8) is 0 Å². The zero-order chi connectivity index (χ0) is 25.7. The fourth-order valence-electron chi connectivity index (χ4n) is 4.69. The van der Waals surface area contributed by atoms with Gasteiger partial charge in [0.2, 0.25) is 0 Å². The number of nitrogens with one attached hydrogen (secondary N) is 1. The van der Waals surface area contributed by atoms with Gasteiger partial charge < -0.3 is 15.1 Å². The van der Waals surface area contributed by atoms with Crippen molar-refractivity contribution < 1.29 is 14.0 Å². The first-order valence-electron chi connectivity index (χ1n) is 12.5. The third kappa shape index (κ3) is 4.48. The Kier molecular flexibility index (Phi) is 5.75. The molecule has 1 aromatic carbocycles. The van der Waals surface area contributed by atoms with E-state index in [-0.39, 0.29) is 17.5 Å². The van der Waals surface area contributed by atoms with Crippen LogP contribution in [0.15, 0.2) is 49.1 Å². The molecule has 1 aliphatic heterocycles. The number of likely N-dealkylation sites (N-methyl/N-ethyl adjacent to an activating group) is 1. The Morgan fingerprint density at radius 3 is 2.59 bits per heavy atom. The molecule has 0 atom stereocenters. The first-order valence-corrected chi connectivity index (χ1v) is 12.5. The average Bonchev–Trinajstić information content (AvgIpc) is 3.39. The van der Waals surface area contributed by atoms with Gasteiger partial charge in [-0.3, -0.25) is 14.0 Å². The van der Waals surface area contributed by atoms with Crippen molar-refractivity contribution in [1.29, 1.82) is 0 Å². The van der Waals surface area contributed by atoms with Crippen LogP contribution in [0.4, 0.5) is 4.39 Å². The monoisotopic (exact) mass is 501 g/mol. The number of piperazine rings is 1. The fourth-order valence-corrected chi connectivity index (χ4v) is 4.69. The highest BCUT2D eigenvalue weighted by atomic mass is 19.1. The van der Waals surface area contributed by atoms with Crippen molar-refractivity contribution in [2.75, 3.05) is 33.2 Å². The predicted molar refractivity (Wildman–Crippen MR) is 136 cm³/mol. The Morgan fingerprint density at radius 2 is 1.84 bits per heavy atom. The lowest BCUT2D eigenvalue weighted by Crippen LogP contribution is -2.47. The number of fused-ring (bicyclic) bond motifs is 1. The van der Waals surface area contributed by atoms with Crippen LogP contribution >= 0.6 is 0 Å². The molecule has 3 aromatic heterocycles. The van der Waals surface area contributed by atoms with Crippen molar-refractivity contribution in [3.8, 4) is 16.9 Å². The summed E-state index contributed by atoms with van der Waals surface area (Å²) in [6, 6.07) is 6.75. The number of amides is 2. The fraction of sp³-hybridized carbons (Fsp3) is 0.333. The molecule has 0 unspecified atom stereocenters. The molecule has 2 fully saturated rings. The van der Waals surface area contributed by atoms with Gasteiger partial charge in [-0.2, -0.15) is 5.10 Å². The van der Waals surface area contributed by atoms with Crippen LogP contribution in [0.1, 0.15) is 39.1 Å². The lowest BCUT2D eigenvalue weighted by molar-refractivity contribution is 0.0663. The van der Waals surface area contributed by atoms with Crippen LogP contribution in [0.25, 0.3) is 22.6 Å². The van der Waals surface area contributed by atoms with E-state index < -0.39 is 11.7 Å². The SMILES string of the molecule is Cc1cc(F)c(C(=O)NC2CC2)cc1-c1cnn(-c2cnc3ccc(C(=O)N4CCN(C)CC4)cn23)c1. The highest BCUT2D eigenvalue weighted by molar-refractivity contribution is 5.96. The maximum absolute atomic E-state index is 14.6. The second kappa shape index (κ2) is 9.11. The summed E-state index contributed by atoms with van der Waals surface area (Å²) in [6.07, 6.45) is 8.86. The number of benzene rings is 1. The van der Waals surface area contributed by atoms with Gasteiger partial charge >= 0.3 is 0 Å². The lowest BCUT2D eigenvalue weighted by Gasteiger charge is -2.32. The third-order valence-corrected chi connectivity index (χ3v) is 7.12. The lowest BCUT2D eigenvalue weighted by atomic mass is 9.99. The second-order valence-corrected chi connectivity index (χ2v) is 9.93. The van der Waals surface area contributed by atoms with Crippen LogP contribution in [0.3, 0.4) is 0 Å². The number of halogens is 1. The Balaban J connectivity index is 1.31. The van der Waals surface area contributed by atoms with Gasteiger partial charge in [-0.15, -0.1) is 0 Å². The number of aryl methyl sites for hydroxylation is 1. The van der Waals surface area contributed by atoms with E-state index in [1.54, 1.807) is 35.4 Å². The zero-order valence-electron chi connectivity index (χ0n) is 20.8. The summed E-state index contributed by atoms with van der Waals surface area (Å²) in [5.74, 6) is -0.269. The van der Waals surface area contributed by atoms with E-state index in [0.717, 1.165) is 37.1 Å². The number of carbonyl (C=O) groups excluding carboxylic acids is 2. The number of imidazole rings is 1. The largest absolute Gasteiger partial charge is 0.349 e. The standard InChI is InChI=1S/C27H28FN7O2/c1-17-11-23(28)22(26(36)31-20-4-5-20)12-21(17)19-13-30-35(16-19)25-14-29-24-6-3-18(15-34(24)25)27(37)33-9-7-32(2)8-10-33/h3,6,11-16,20H,4-5,7-10H2,1-2H3,(H,31,36). The molecular weight excluding hydrogens is 473 g/mol. The van der Waals surface area contributed by atoms with E-state index in [9.17, 15) is 14.0 Å². The van der Waals surface area contributed by atoms with Crippen molar-refractivity contribution in [3.05, 3.63) is 71.6 Å². The first-order chi connectivity index (χ1) is 17.9. The number of hydrogen-bond acceptors (Lipinski definition) is 5. The van der Waals surface area contributed by atoms with E-state index in [1.807, 2.05) is 28.5 Å². The molecule has 4 aromatic rings. The van der Waals surface area contributed by atoms with Crippen LogP contribution in [0.5, 0.6) is 0 Å². The van der Waals surface area contributed by atoms with Crippen LogP contribution in [-0.2, 0) is 0 Å². The predicted octanol–water partition coefficient (Wildman–Crippen LogP) is 2.91. The topological polar surface area (TPSA) is 87.8 Å². The summed E-state index contributed by atoms with van der Waals surface area (Å²) in [6.45, 7) is 4.91. The molecule has 6 rings (SSSR count). The van der Waals surface area contributed by atoms with Gasteiger partial charge in [0.15, 0.2) is 5.82 Å². The van der Waals surface area contributed by atoms with Crippen LogP contribution < -0.4 is 5.32 Å². The van der Waals surface area contributed by atoms with E-state index in [4.69, 9.17) is 0 Å². The van der Waals surface area contributed by atoms with Gasteiger partial charge in [0, 0.05) is 50.2 Å². The highest BCUT2D eigenvalue weighted by Gasteiger charge is 2.26. The van der Waals surface area contributed by atoms with Gasteiger partial charge in [0.05, 0.1) is 23.5 Å². The van der Waals surface area contributed by atoms with Crippen LogP contribution in [0, 0.1) is 12.7 Å². The Bertz CT molecular complexity index is 1510. The normalized spacial score (nSPS) is 16.4. The summed E-state index contributed by atoms with van der Waals surface area (Å²) in [5, 5.41) is 7.37. The quantitative estimate of drug-likeness (QED) is 0.454. The highest BCUT2D eigenvalue weighted by Crippen LogP contribution is 2.28. The summed E-state index contributed by atoms with van der Waals surface area (Å²) in [5.41, 5.74) is 3.50. The van der Waals surface area contributed by atoms with Crippen molar-refractivity contribution in [2.24, 2.45) is 0 Å². The molecule has 190 valence electrons. The number of aromatic nitrogens is 4. The minimum Gasteiger partial charge on any atom is -0.349 e. The summed E-state index contributed by atoms with van der Waals surface area (Å²) >= 11 is 0. The molecule has 9 nitrogen and oxygen atoms in total. The molecule has 4 heterocycles. The van der Waals surface area contributed by atoms with Crippen molar-refractivity contribution in [2.45, 2.75) is 25.8 Å². The molecule has 0 spiro atoms. The molecular formula is C27H28FN7O2. The Morgan fingerprint density at radius 1 is 1.05 bits per heavy atom. The molecule has 37 heavy (non-hydrogen) atoms. The van der Waals surface area contributed by atoms with Crippen molar-refractivity contribution in [1.82, 2.24) is 34.3 Å². The molecule has 1 saturated heterocycles. The molecule has 1 N–H and O–H groups in total. The van der Waals surface area contributed by atoms with Crippen LogP contribution in [-0.4, -0.2) is 80.0 Å². The van der Waals surface area contributed by atoms with Gasteiger partial charge in [-0.1, -0.05) is 0 Å². The van der Waals surface area contributed by atoms with Gasteiger partial charge in [-0.25, -0.2) is 14.1 Å². The number of carbonyl (C=O) groups is 2. The maximum Gasteiger partial charge on any atom is 0.255 e. The molecule has 0 bridgehead atoms. The molecule has 1 aliphatic carbocycles. The van der Waals surface area contributed by atoms with E-state index in [0.29, 0.717) is 35.7 Å². The Labute approximate surface area is 213 Å². The third-order valence-electron chi connectivity index (χ3n) is 7.12. The molecule has 1 saturated carbocycles. The zero-order valence-corrected chi connectivity index (χ0v) is 20.8. The van der Waals surface area contributed by atoms with E-state index in [1.165, 1.54) is 6.07 Å². The molecule has 2 aliphatic rings. The van der Waals surface area contributed by atoms with Gasteiger partial charge in [-0.05, 0) is 62.2 Å². The smallest absolute Gasteiger partial charge is 0.255 e. The number of hydrogen-bond donors (Lipinski definition) is 1. The number of rotatable bonds is 5. The molecule has 10 heteroatoms. The van der Waals surface area contributed by atoms with Gasteiger partial charge in [0.25, 0.3) is 11.8 Å². The maximum atomic E-state index is 14.6. The summed E-state index contributed by atoms with van der Waals surface area (Å²) in [7, 11) is 2.06. The van der Waals surface area contributed by atoms with Crippen LogP contribution in [0.2, 0.25) is 0 Å². The van der Waals surface area contributed by atoms with E-state index >= 15 is 0 Å². The minimum absolute atomic E-state index is 0.00487. The van der Waals surface area contributed by atoms with E-state index in [2.05, 4.69) is 27.3 Å². The van der Waals surface area contributed by atoms with Gasteiger partial charge in [0.1, 0.15) is 11.5 Å². The minimum atomic E-state index is -0.536. The summed E-state index contributed by atoms with van der Waals surface area (Å²) in [4.78, 5) is 34.2. The average molecular weight is 502 g/mol.